The van der Waals surface area contributed by atoms with Crippen LogP contribution in [0.25, 0.3) is 0 Å². The Kier molecular flexibility index (Phi) is 5.36. The van der Waals surface area contributed by atoms with Crippen molar-refractivity contribution in [3.63, 3.8) is 0 Å². The third kappa shape index (κ3) is 3.95. The molecule has 1 rings (SSSR count). The Morgan fingerprint density at radius 1 is 1.07 bits per heavy atom. The van der Waals surface area contributed by atoms with E-state index in [2.05, 4.69) is 38.1 Å². The van der Waals surface area contributed by atoms with Gasteiger partial charge in [0.15, 0.2) is 0 Å². The Bertz CT molecular complexity index is 250. The molecule has 0 heterocycles. The Hall–Kier alpha value is -0.780. The molecular formula is C14H21. The maximum atomic E-state index is 3.91. The SMILES string of the molecule is [CH2]Cc1cccc(CCCCCC)c1. The molecule has 0 spiro atoms. The van der Waals surface area contributed by atoms with Gasteiger partial charge in [-0.05, 0) is 37.3 Å². The van der Waals surface area contributed by atoms with Crippen LogP contribution < -0.4 is 0 Å². The zero-order valence-electron chi connectivity index (χ0n) is 9.26. The summed E-state index contributed by atoms with van der Waals surface area (Å²) in [5, 5.41) is 0. The van der Waals surface area contributed by atoms with E-state index in [4.69, 9.17) is 0 Å². The average Bonchev–Trinajstić information content (AvgIpc) is 2.25. The van der Waals surface area contributed by atoms with Crippen molar-refractivity contribution in [2.45, 2.75) is 45.4 Å². The maximum absolute atomic E-state index is 3.91. The molecule has 0 aliphatic rings. The summed E-state index contributed by atoms with van der Waals surface area (Å²) in [6, 6.07) is 8.82. The number of benzene rings is 1. The third-order valence-electron chi connectivity index (χ3n) is 2.60. The minimum Gasteiger partial charge on any atom is -0.0654 e. The lowest BCUT2D eigenvalue weighted by molar-refractivity contribution is 0.666. The van der Waals surface area contributed by atoms with Gasteiger partial charge in [-0.15, -0.1) is 0 Å². The van der Waals surface area contributed by atoms with Gasteiger partial charge in [0.2, 0.25) is 0 Å². The molecule has 0 aliphatic carbocycles. The minimum atomic E-state index is 0.906. The van der Waals surface area contributed by atoms with Gasteiger partial charge in [0.05, 0.1) is 0 Å². The zero-order valence-corrected chi connectivity index (χ0v) is 9.26. The molecule has 1 radical (unpaired) electrons. The van der Waals surface area contributed by atoms with Crippen LogP contribution in [-0.2, 0) is 12.8 Å². The topological polar surface area (TPSA) is 0 Å². The smallest absolute Gasteiger partial charge is 0.0279 e. The van der Waals surface area contributed by atoms with E-state index in [1.165, 1.54) is 43.2 Å². The van der Waals surface area contributed by atoms with E-state index in [0.29, 0.717) is 0 Å². The number of hydrogen-bond acceptors (Lipinski definition) is 0. The molecule has 0 bridgehead atoms. The second-order valence-corrected chi connectivity index (χ2v) is 3.88. The van der Waals surface area contributed by atoms with Crippen LogP contribution >= 0.6 is 0 Å². The quantitative estimate of drug-likeness (QED) is 0.589. The van der Waals surface area contributed by atoms with E-state index in [0.717, 1.165) is 6.42 Å². The van der Waals surface area contributed by atoms with Gasteiger partial charge in [-0.2, -0.15) is 0 Å². The van der Waals surface area contributed by atoms with Crippen LogP contribution in [0.2, 0.25) is 0 Å². The van der Waals surface area contributed by atoms with Crippen molar-refractivity contribution in [1.82, 2.24) is 0 Å². The molecule has 0 N–H and O–H groups in total. The van der Waals surface area contributed by atoms with Crippen LogP contribution in [0.3, 0.4) is 0 Å². The lowest BCUT2D eigenvalue weighted by Gasteiger charge is -2.03. The van der Waals surface area contributed by atoms with Crippen LogP contribution in [0.5, 0.6) is 0 Å². The Balaban J connectivity index is 2.34. The highest BCUT2D eigenvalue weighted by Gasteiger charge is 1.94. The van der Waals surface area contributed by atoms with Gasteiger partial charge >= 0.3 is 0 Å². The van der Waals surface area contributed by atoms with E-state index in [9.17, 15) is 0 Å². The van der Waals surface area contributed by atoms with Gasteiger partial charge in [-0.1, -0.05) is 50.5 Å². The summed E-state index contributed by atoms with van der Waals surface area (Å²) in [6.07, 6.45) is 7.52. The van der Waals surface area contributed by atoms with E-state index >= 15 is 0 Å². The molecule has 0 heteroatoms. The molecule has 0 fully saturated rings. The standard InChI is InChI=1S/C14H21/c1-3-5-6-7-9-14-11-8-10-13(4-2)12-14/h8,10-12H,2-7,9H2,1H3. The number of unbranched alkanes of at least 4 members (excludes halogenated alkanes) is 3. The van der Waals surface area contributed by atoms with Gasteiger partial charge in [0.25, 0.3) is 0 Å². The summed E-state index contributed by atoms with van der Waals surface area (Å²) in [7, 11) is 0. The molecule has 1 aromatic carbocycles. The van der Waals surface area contributed by atoms with Crippen molar-refractivity contribution in [3.05, 3.63) is 42.3 Å². The molecule has 0 saturated carbocycles. The van der Waals surface area contributed by atoms with Crippen molar-refractivity contribution in [3.8, 4) is 0 Å². The molecule has 0 atom stereocenters. The Morgan fingerprint density at radius 3 is 2.57 bits per heavy atom. The fourth-order valence-electron chi connectivity index (χ4n) is 1.70. The second kappa shape index (κ2) is 6.64. The first-order chi connectivity index (χ1) is 6.86. The molecule has 77 valence electrons. The molecule has 0 aromatic heterocycles. The minimum absolute atomic E-state index is 0.906. The molecule has 0 saturated heterocycles. The van der Waals surface area contributed by atoms with Crippen LogP contribution in [0, 0.1) is 6.92 Å². The van der Waals surface area contributed by atoms with Crippen molar-refractivity contribution in [2.24, 2.45) is 0 Å². The van der Waals surface area contributed by atoms with Gasteiger partial charge in [-0.25, -0.2) is 0 Å². The Labute approximate surface area is 88.4 Å². The van der Waals surface area contributed by atoms with Crippen molar-refractivity contribution in [2.75, 3.05) is 0 Å². The van der Waals surface area contributed by atoms with Gasteiger partial charge in [-0.3, -0.25) is 0 Å². The molecule has 0 nitrogen and oxygen atoms in total. The summed E-state index contributed by atoms with van der Waals surface area (Å²) in [6.45, 7) is 6.16. The molecule has 14 heavy (non-hydrogen) atoms. The largest absolute Gasteiger partial charge is 0.0654 e. The average molecular weight is 189 g/mol. The number of aryl methyl sites for hydroxylation is 1. The highest BCUT2D eigenvalue weighted by atomic mass is 14.0. The highest BCUT2D eigenvalue weighted by molar-refractivity contribution is 5.23. The van der Waals surface area contributed by atoms with Crippen LogP contribution in [0.1, 0.15) is 43.7 Å². The fourth-order valence-corrected chi connectivity index (χ4v) is 1.70. The van der Waals surface area contributed by atoms with Crippen LogP contribution in [0.15, 0.2) is 24.3 Å². The first kappa shape index (κ1) is 11.3. The first-order valence-electron chi connectivity index (χ1n) is 5.74. The summed E-state index contributed by atoms with van der Waals surface area (Å²) >= 11 is 0. The fraction of sp³-hybridized carbons (Fsp3) is 0.500. The molecule has 0 amide bonds. The van der Waals surface area contributed by atoms with Gasteiger partial charge in [0.1, 0.15) is 0 Å². The molecular weight excluding hydrogens is 168 g/mol. The maximum Gasteiger partial charge on any atom is -0.0279 e. The zero-order chi connectivity index (χ0) is 10.2. The van der Waals surface area contributed by atoms with E-state index in [1.54, 1.807) is 0 Å². The van der Waals surface area contributed by atoms with E-state index in [1.807, 2.05) is 0 Å². The van der Waals surface area contributed by atoms with Crippen molar-refractivity contribution < 1.29 is 0 Å². The van der Waals surface area contributed by atoms with Crippen LogP contribution in [0.4, 0.5) is 0 Å². The molecule has 0 aliphatic heterocycles. The lowest BCUT2D eigenvalue weighted by atomic mass is 10.0. The number of hydrogen-bond donors (Lipinski definition) is 0. The predicted molar refractivity (Wildman–Crippen MR) is 63.3 cm³/mol. The van der Waals surface area contributed by atoms with Gasteiger partial charge < -0.3 is 0 Å². The predicted octanol–water partition coefficient (Wildman–Crippen LogP) is 4.19. The van der Waals surface area contributed by atoms with E-state index < -0.39 is 0 Å². The summed E-state index contributed by atoms with van der Waals surface area (Å²) in [5.41, 5.74) is 2.83. The highest BCUT2D eigenvalue weighted by Crippen LogP contribution is 2.10. The Morgan fingerprint density at radius 2 is 1.86 bits per heavy atom. The lowest BCUT2D eigenvalue weighted by Crippen LogP contribution is -1.88. The summed E-state index contributed by atoms with van der Waals surface area (Å²) < 4.78 is 0. The van der Waals surface area contributed by atoms with Crippen molar-refractivity contribution in [1.29, 1.82) is 0 Å². The third-order valence-corrected chi connectivity index (χ3v) is 2.60. The normalized spacial score (nSPS) is 10.4. The van der Waals surface area contributed by atoms with Crippen molar-refractivity contribution >= 4 is 0 Å². The molecule has 0 unspecified atom stereocenters. The molecule has 1 aromatic rings. The second-order valence-electron chi connectivity index (χ2n) is 3.88. The summed E-state index contributed by atoms with van der Waals surface area (Å²) in [4.78, 5) is 0. The number of rotatable bonds is 6. The first-order valence-corrected chi connectivity index (χ1v) is 5.74. The monoisotopic (exact) mass is 189 g/mol. The van der Waals surface area contributed by atoms with Gasteiger partial charge in [0, 0.05) is 0 Å². The summed E-state index contributed by atoms with van der Waals surface area (Å²) in [5.74, 6) is 0. The van der Waals surface area contributed by atoms with Crippen LogP contribution in [-0.4, -0.2) is 0 Å². The van der Waals surface area contributed by atoms with E-state index in [-0.39, 0.29) is 0 Å².